The Morgan fingerprint density at radius 2 is 1.63 bits per heavy atom. The molecule has 0 spiro atoms. The average Bonchev–Trinajstić information content (AvgIpc) is 2.32. The van der Waals surface area contributed by atoms with Crippen molar-refractivity contribution in [1.82, 2.24) is 0 Å². The first-order chi connectivity index (χ1) is 9.08. The van der Waals surface area contributed by atoms with E-state index in [9.17, 15) is 0 Å². The number of halogens is 2. The van der Waals surface area contributed by atoms with Crippen LogP contribution in [0.5, 0.6) is 0 Å². The van der Waals surface area contributed by atoms with E-state index in [4.69, 9.17) is 9.47 Å². The number of anilines is 1. The number of ether oxygens (including phenoxy) is 2. The molecule has 0 aliphatic carbocycles. The molecule has 1 N–H and O–H groups in total. The fourth-order valence-electron chi connectivity index (χ4n) is 1.77. The maximum atomic E-state index is 5.51. The maximum Gasteiger partial charge on any atom is 0.159 e. The largest absolute Gasteiger partial charge is 0.383 e. The van der Waals surface area contributed by atoms with Gasteiger partial charge in [-0.05, 0) is 70.3 Å². The maximum absolute atomic E-state index is 5.51. The molecular weight excluding hydrogens is 374 g/mol. The van der Waals surface area contributed by atoms with Crippen LogP contribution >= 0.6 is 31.9 Å². The minimum absolute atomic E-state index is 0.134. The van der Waals surface area contributed by atoms with Gasteiger partial charge >= 0.3 is 0 Å². The van der Waals surface area contributed by atoms with E-state index in [0.29, 0.717) is 13.2 Å². The Bertz CT molecular complexity index is 370. The second-order valence-electron chi connectivity index (χ2n) is 4.16. The summed E-state index contributed by atoms with van der Waals surface area (Å²) in [6.07, 6.45) is 0.680. The topological polar surface area (TPSA) is 30.5 Å². The molecular formula is C14H21Br2NO2. The summed E-state index contributed by atoms with van der Waals surface area (Å²) >= 11 is 7.14. The van der Waals surface area contributed by atoms with E-state index in [0.717, 1.165) is 27.6 Å². The summed E-state index contributed by atoms with van der Waals surface area (Å²) in [7, 11) is 0. The molecule has 108 valence electrons. The second-order valence-corrected chi connectivity index (χ2v) is 5.87. The molecule has 1 aromatic carbocycles. The van der Waals surface area contributed by atoms with Crippen LogP contribution in [0.1, 0.15) is 25.8 Å². The lowest BCUT2D eigenvalue weighted by Crippen LogP contribution is -2.21. The summed E-state index contributed by atoms with van der Waals surface area (Å²) in [5, 5.41) is 3.40. The lowest BCUT2D eigenvalue weighted by Gasteiger charge is -2.18. The Morgan fingerprint density at radius 3 is 2.11 bits per heavy atom. The zero-order valence-electron chi connectivity index (χ0n) is 11.6. The van der Waals surface area contributed by atoms with E-state index < -0.39 is 0 Å². The quantitative estimate of drug-likeness (QED) is 0.647. The van der Waals surface area contributed by atoms with Crippen LogP contribution in [0.4, 0.5) is 5.69 Å². The van der Waals surface area contributed by atoms with E-state index >= 15 is 0 Å². The van der Waals surface area contributed by atoms with Gasteiger partial charge < -0.3 is 14.8 Å². The Labute approximate surface area is 132 Å². The molecule has 0 aliphatic heterocycles. The monoisotopic (exact) mass is 393 g/mol. The van der Waals surface area contributed by atoms with E-state index in [2.05, 4.69) is 56.2 Å². The predicted molar refractivity (Wildman–Crippen MR) is 86.7 cm³/mol. The average molecular weight is 395 g/mol. The molecule has 0 saturated heterocycles. The number of benzene rings is 1. The zero-order chi connectivity index (χ0) is 14.3. The molecule has 0 atom stereocenters. The summed E-state index contributed by atoms with van der Waals surface area (Å²) in [4.78, 5) is 0. The van der Waals surface area contributed by atoms with Crippen molar-refractivity contribution < 1.29 is 9.47 Å². The molecule has 0 aliphatic rings. The Hall–Kier alpha value is -0.100. The standard InChI is InChI=1S/C14H21Br2NO2/c1-4-18-13(19-5-2)6-7-17-14-11(15)8-10(3)9-12(14)16/h8-9,13,17H,4-7H2,1-3H3. The van der Waals surface area contributed by atoms with Crippen molar-refractivity contribution in [2.24, 2.45) is 0 Å². The predicted octanol–water partition coefficient (Wildman–Crippen LogP) is 4.72. The smallest absolute Gasteiger partial charge is 0.159 e. The summed E-state index contributed by atoms with van der Waals surface area (Å²) in [6.45, 7) is 8.16. The van der Waals surface area contributed by atoms with Gasteiger partial charge in [0, 0.05) is 35.1 Å². The summed E-state index contributed by atoms with van der Waals surface area (Å²) in [5.74, 6) is 0. The summed E-state index contributed by atoms with van der Waals surface area (Å²) < 4.78 is 13.1. The molecule has 19 heavy (non-hydrogen) atoms. The molecule has 5 heteroatoms. The highest BCUT2D eigenvalue weighted by atomic mass is 79.9. The van der Waals surface area contributed by atoms with Crippen LogP contribution in [0.15, 0.2) is 21.1 Å². The van der Waals surface area contributed by atoms with Crippen molar-refractivity contribution in [2.75, 3.05) is 25.1 Å². The Morgan fingerprint density at radius 1 is 1.11 bits per heavy atom. The molecule has 0 bridgehead atoms. The first kappa shape index (κ1) is 17.0. The van der Waals surface area contributed by atoms with Crippen molar-refractivity contribution >= 4 is 37.5 Å². The molecule has 1 rings (SSSR count). The molecule has 0 radical (unpaired) electrons. The first-order valence-electron chi connectivity index (χ1n) is 6.51. The van der Waals surface area contributed by atoms with Gasteiger partial charge in [-0.25, -0.2) is 0 Å². The molecule has 0 fully saturated rings. The number of nitrogens with one attached hydrogen (secondary N) is 1. The van der Waals surface area contributed by atoms with Gasteiger partial charge in [0.1, 0.15) is 0 Å². The second kappa shape index (κ2) is 8.95. The highest BCUT2D eigenvalue weighted by Crippen LogP contribution is 2.32. The van der Waals surface area contributed by atoms with Gasteiger partial charge in [0.15, 0.2) is 6.29 Å². The van der Waals surface area contributed by atoms with Crippen LogP contribution < -0.4 is 5.32 Å². The number of rotatable bonds is 8. The zero-order valence-corrected chi connectivity index (χ0v) is 14.8. The molecule has 0 heterocycles. The van der Waals surface area contributed by atoms with Gasteiger partial charge in [0.05, 0.1) is 5.69 Å². The Kier molecular flexibility index (Phi) is 7.99. The van der Waals surface area contributed by atoms with Gasteiger partial charge in [-0.3, -0.25) is 0 Å². The van der Waals surface area contributed by atoms with Crippen LogP contribution in [-0.2, 0) is 9.47 Å². The van der Waals surface area contributed by atoms with Crippen molar-refractivity contribution in [3.63, 3.8) is 0 Å². The van der Waals surface area contributed by atoms with E-state index in [-0.39, 0.29) is 6.29 Å². The minimum atomic E-state index is -0.134. The van der Waals surface area contributed by atoms with Gasteiger partial charge in [-0.1, -0.05) is 0 Å². The molecule has 0 unspecified atom stereocenters. The first-order valence-corrected chi connectivity index (χ1v) is 8.09. The van der Waals surface area contributed by atoms with Gasteiger partial charge in [0.25, 0.3) is 0 Å². The van der Waals surface area contributed by atoms with E-state index in [1.54, 1.807) is 0 Å². The molecule has 0 saturated carbocycles. The highest BCUT2D eigenvalue weighted by molar-refractivity contribution is 9.11. The fraction of sp³-hybridized carbons (Fsp3) is 0.571. The third-order valence-electron chi connectivity index (χ3n) is 2.57. The van der Waals surface area contributed by atoms with E-state index in [1.165, 1.54) is 5.56 Å². The Balaban J connectivity index is 2.52. The minimum Gasteiger partial charge on any atom is -0.383 e. The number of aryl methyl sites for hydroxylation is 1. The van der Waals surface area contributed by atoms with Gasteiger partial charge in [-0.15, -0.1) is 0 Å². The van der Waals surface area contributed by atoms with Crippen LogP contribution in [0.25, 0.3) is 0 Å². The van der Waals surface area contributed by atoms with E-state index in [1.807, 2.05) is 13.8 Å². The van der Waals surface area contributed by atoms with Crippen LogP contribution in [-0.4, -0.2) is 26.0 Å². The van der Waals surface area contributed by atoms with Crippen LogP contribution in [0, 0.1) is 6.92 Å². The van der Waals surface area contributed by atoms with Crippen molar-refractivity contribution in [3.8, 4) is 0 Å². The van der Waals surface area contributed by atoms with Crippen molar-refractivity contribution in [2.45, 2.75) is 33.5 Å². The third-order valence-corrected chi connectivity index (χ3v) is 3.82. The van der Waals surface area contributed by atoms with Crippen molar-refractivity contribution in [3.05, 3.63) is 26.6 Å². The number of hydrogen-bond donors (Lipinski definition) is 1. The molecule has 3 nitrogen and oxygen atoms in total. The molecule has 1 aromatic rings. The SMILES string of the molecule is CCOC(CCNc1c(Br)cc(C)cc1Br)OCC. The van der Waals surface area contributed by atoms with Crippen LogP contribution in [0.2, 0.25) is 0 Å². The van der Waals surface area contributed by atoms with Crippen LogP contribution in [0.3, 0.4) is 0 Å². The van der Waals surface area contributed by atoms with Gasteiger partial charge in [0.2, 0.25) is 0 Å². The van der Waals surface area contributed by atoms with Crippen molar-refractivity contribution in [1.29, 1.82) is 0 Å². The van der Waals surface area contributed by atoms with Gasteiger partial charge in [-0.2, -0.15) is 0 Å². The number of hydrogen-bond acceptors (Lipinski definition) is 3. The lowest BCUT2D eigenvalue weighted by atomic mass is 10.2. The summed E-state index contributed by atoms with van der Waals surface area (Å²) in [6, 6.07) is 4.19. The normalized spacial score (nSPS) is 11.1. The molecule has 0 amide bonds. The molecule has 0 aromatic heterocycles. The highest BCUT2D eigenvalue weighted by Gasteiger charge is 2.09. The summed E-state index contributed by atoms with van der Waals surface area (Å²) in [5.41, 5.74) is 2.28. The fourth-order valence-corrected chi connectivity index (χ4v) is 3.47. The lowest BCUT2D eigenvalue weighted by molar-refractivity contribution is -0.137. The third kappa shape index (κ3) is 5.81.